The highest BCUT2D eigenvalue weighted by atomic mass is 127. The highest BCUT2D eigenvalue weighted by Gasteiger charge is 2.36. The Balaban J connectivity index is 2.11. The zero-order chi connectivity index (χ0) is 20.4. The third-order valence-electron chi connectivity index (χ3n) is 4.07. The minimum atomic E-state index is -3.66. The molecule has 2 rings (SSSR count). The van der Waals surface area contributed by atoms with E-state index in [1.54, 1.807) is 12.1 Å². The van der Waals surface area contributed by atoms with Crippen molar-refractivity contribution in [1.82, 2.24) is 0 Å². The molecular formula is C20H26INO5S+. The van der Waals surface area contributed by atoms with Gasteiger partial charge in [-0.2, -0.15) is 8.42 Å². The second-order valence-electron chi connectivity index (χ2n) is 6.37. The first-order valence-electron chi connectivity index (χ1n) is 9.35. The largest absolute Gasteiger partial charge is 0.324 e. The van der Waals surface area contributed by atoms with E-state index >= 15 is 0 Å². The van der Waals surface area contributed by atoms with E-state index in [0.717, 1.165) is 29.3 Å². The maximum Gasteiger partial charge on any atom is 0.324 e. The van der Waals surface area contributed by atoms with E-state index in [-0.39, 0.29) is 11.4 Å². The lowest BCUT2D eigenvalue weighted by Gasteiger charge is -2.06. The van der Waals surface area contributed by atoms with Crippen molar-refractivity contribution in [2.24, 2.45) is 0 Å². The number of halogens is 1. The molecule has 28 heavy (non-hydrogen) atoms. The van der Waals surface area contributed by atoms with Crippen LogP contribution in [0.5, 0.6) is 0 Å². The van der Waals surface area contributed by atoms with Crippen molar-refractivity contribution in [3.05, 3.63) is 71.9 Å². The minimum Gasteiger partial charge on any atom is -0.258 e. The SMILES string of the molecule is CCCCCCCCS(=O)(=O)O[I+](c1ccccc1)c1ccc([N+](=O)[O-])cc1. The number of benzene rings is 2. The second-order valence-corrected chi connectivity index (χ2v) is 13.0. The maximum atomic E-state index is 12.6. The normalized spacial score (nSPS) is 11.6. The van der Waals surface area contributed by atoms with Crippen LogP contribution in [0.15, 0.2) is 54.6 Å². The van der Waals surface area contributed by atoms with Gasteiger partial charge < -0.3 is 0 Å². The molecule has 2 aromatic rings. The lowest BCUT2D eigenvalue weighted by Crippen LogP contribution is -3.85. The van der Waals surface area contributed by atoms with E-state index in [1.807, 2.05) is 30.3 Å². The molecular weight excluding hydrogens is 493 g/mol. The zero-order valence-electron chi connectivity index (χ0n) is 15.9. The Kier molecular flexibility index (Phi) is 9.33. The number of nitro groups is 1. The van der Waals surface area contributed by atoms with Crippen LogP contribution >= 0.6 is 0 Å². The molecule has 153 valence electrons. The van der Waals surface area contributed by atoms with E-state index in [4.69, 9.17) is 2.51 Å². The average Bonchev–Trinajstić information content (AvgIpc) is 2.69. The number of nitro benzene ring substituents is 1. The number of hydrogen-bond acceptors (Lipinski definition) is 5. The quantitative estimate of drug-likeness (QED) is 0.185. The monoisotopic (exact) mass is 519 g/mol. The van der Waals surface area contributed by atoms with Crippen LogP contribution in [0.3, 0.4) is 0 Å². The van der Waals surface area contributed by atoms with Gasteiger partial charge in [-0.25, -0.2) is 0 Å². The molecule has 0 aliphatic carbocycles. The van der Waals surface area contributed by atoms with Gasteiger partial charge in [-0.1, -0.05) is 57.2 Å². The molecule has 0 spiro atoms. The van der Waals surface area contributed by atoms with E-state index in [1.165, 1.54) is 18.6 Å². The third kappa shape index (κ3) is 7.48. The van der Waals surface area contributed by atoms with E-state index < -0.39 is 35.3 Å². The van der Waals surface area contributed by atoms with Gasteiger partial charge in [-0.3, -0.25) is 10.1 Å². The standard InChI is InChI=1S/C20H26INO5S/c1-2-3-4-5-6-10-17-28(25,26)27-21(18-11-8-7-9-12-18)19-13-15-20(16-14-19)22(23)24/h7-9,11-16H,2-6,10,17H2,1H3/q+1. The fourth-order valence-corrected chi connectivity index (χ4v) is 9.78. The molecule has 0 fully saturated rings. The van der Waals surface area contributed by atoms with Gasteiger partial charge in [-0.05, 0) is 33.2 Å². The molecule has 0 aliphatic heterocycles. The Bertz CT molecular complexity index is 841. The van der Waals surface area contributed by atoms with Crippen LogP contribution in [0.4, 0.5) is 5.69 Å². The van der Waals surface area contributed by atoms with Crippen molar-refractivity contribution in [1.29, 1.82) is 0 Å². The number of nitrogens with zero attached hydrogens (tertiary/aromatic N) is 1. The summed E-state index contributed by atoms with van der Waals surface area (Å²) in [6.07, 6.45) is 5.95. The molecule has 0 amide bonds. The molecule has 0 aromatic heterocycles. The third-order valence-corrected chi connectivity index (χ3v) is 11.6. The average molecular weight is 519 g/mol. The zero-order valence-corrected chi connectivity index (χ0v) is 18.9. The fraction of sp³-hybridized carbons (Fsp3) is 0.400. The number of unbranched alkanes of at least 4 members (excludes halogenated alkanes) is 5. The van der Waals surface area contributed by atoms with Crippen LogP contribution in [0.1, 0.15) is 45.4 Å². The maximum absolute atomic E-state index is 12.6. The summed E-state index contributed by atoms with van der Waals surface area (Å²) in [6, 6.07) is 15.3. The van der Waals surface area contributed by atoms with Crippen molar-refractivity contribution < 1.29 is 36.1 Å². The van der Waals surface area contributed by atoms with Crippen LogP contribution in [0.2, 0.25) is 0 Å². The predicted octanol–water partition coefficient (Wildman–Crippen LogP) is 1.88. The molecule has 8 heteroatoms. The van der Waals surface area contributed by atoms with Crippen molar-refractivity contribution in [2.75, 3.05) is 5.75 Å². The Morgan fingerprint density at radius 3 is 2.07 bits per heavy atom. The summed E-state index contributed by atoms with van der Waals surface area (Å²) in [5.74, 6) is 0.00687. The van der Waals surface area contributed by atoms with E-state index in [2.05, 4.69) is 6.92 Å². The molecule has 0 N–H and O–H groups in total. The first-order valence-corrected chi connectivity index (χ1v) is 14.0. The van der Waals surface area contributed by atoms with Gasteiger partial charge in [0.1, 0.15) is 0 Å². The summed E-state index contributed by atoms with van der Waals surface area (Å²) in [4.78, 5) is 10.4. The predicted molar refractivity (Wildman–Crippen MR) is 105 cm³/mol. The molecule has 1 radical (unpaired) electrons. The Hall–Kier alpha value is -1.52. The molecule has 2 aromatic carbocycles. The molecule has 0 saturated carbocycles. The summed E-state index contributed by atoms with van der Waals surface area (Å²) >= 11 is -2.72. The summed E-state index contributed by atoms with van der Waals surface area (Å²) in [5.41, 5.74) is -0.0254. The minimum absolute atomic E-state index is 0.00687. The Labute approximate surface area is 174 Å². The molecule has 0 unspecified atom stereocenters. The molecule has 0 aliphatic rings. The smallest absolute Gasteiger partial charge is 0.258 e. The molecule has 0 atom stereocenters. The van der Waals surface area contributed by atoms with Gasteiger partial charge in [0.15, 0.2) is 7.14 Å². The summed E-state index contributed by atoms with van der Waals surface area (Å²) in [5, 5.41) is 10.9. The van der Waals surface area contributed by atoms with Gasteiger partial charge in [0.2, 0.25) is 0 Å². The fourth-order valence-electron chi connectivity index (χ4n) is 2.59. The van der Waals surface area contributed by atoms with Crippen LogP contribution in [0.25, 0.3) is 0 Å². The van der Waals surface area contributed by atoms with E-state index in [0.29, 0.717) is 9.99 Å². The van der Waals surface area contributed by atoms with Crippen LogP contribution in [-0.2, 0) is 12.6 Å². The molecule has 0 saturated heterocycles. The van der Waals surface area contributed by atoms with Gasteiger partial charge >= 0.3 is 30.4 Å². The highest BCUT2D eigenvalue weighted by Crippen LogP contribution is 2.08. The van der Waals surface area contributed by atoms with Crippen LogP contribution in [0, 0.1) is 17.3 Å². The highest BCUT2D eigenvalue weighted by molar-refractivity contribution is 7.86. The Morgan fingerprint density at radius 2 is 1.46 bits per heavy atom. The van der Waals surface area contributed by atoms with Gasteiger partial charge in [-0.15, -0.1) is 0 Å². The van der Waals surface area contributed by atoms with Crippen LogP contribution in [-0.4, -0.2) is 19.1 Å². The van der Waals surface area contributed by atoms with Gasteiger partial charge in [0.05, 0.1) is 10.7 Å². The topological polar surface area (TPSA) is 86.5 Å². The summed E-state index contributed by atoms with van der Waals surface area (Å²) in [6.45, 7) is 2.14. The van der Waals surface area contributed by atoms with Crippen molar-refractivity contribution in [3.63, 3.8) is 0 Å². The lowest BCUT2D eigenvalue weighted by molar-refractivity contribution is -1.03. The number of rotatable bonds is 12. The van der Waals surface area contributed by atoms with Crippen LogP contribution < -0.4 is 20.2 Å². The molecule has 0 bridgehead atoms. The van der Waals surface area contributed by atoms with E-state index in [9.17, 15) is 18.5 Å². The molecule has 0 heterocycles. The first kappa shape index (κ1) is 22.8. The molecule has 6 nitrogen and oxygen atoms in total. The summed E-state index contributed by atoms with van der Waals surface area (Å²) in [7, 11) is -3.66. The lowest BCUT2D eigenvalue weighted by atomic mass is 10.1. The Morgan fingerprint density at radius 1 is 0.893 bits per heavy atom. The van der Waals surface area contributed by atoms with Crippen molar-refractivity contribution in [2.45, 2.75) is 45.4 Å². The van der Waals surface area contributed by atoms with Crippen molar-refractivity contribution >= 4 is 15.8 Å². The number of hydrogen-bond donors (Lipinski definition) is 0. The van der Waals surface area contributed by atoms with Crippen molar-refractivity contribution in [3.8, 4) is 0 Å². The summed E-state index contributed by atoms with van der Waals surface area (Å²) < 4.78 is 32.4. The first-order chi connectivity index (χ1) is 13.4. The number of non-ortho nitro benzene ring substituents is 1. The van der Waals surface area contributed by atoms with Gasteiger partial charge in [0.25, 0.3) is 5.69 Å². The van der Waals surface area contributed by atoms with Gasteiger partial charge in [0, 0.05) is 12.1 Å². The second kappa shape index (κ2) is 11.5.